The summed E-state index contributed by atoms with van der Waals surface area (Å²) in [5.74, 6) is 0.382. The monoisotopic (exact) mass is 396 g/mol. The van der Waals surface area contributed by atoms with Gasteiger partial charge in [-0.3, -0.25) is 4.79 Å². The van der Waals surface area contributed by atoms with Gasteiger partial charge in [-0.15, -0.1) is 0 Å². The summed E-state index contributed by atoms with van der Waals surface area (Å²) in [6.45, 7) is 2.63. The Labute approximate surface area is 158 Å². The number of rotatable bonds is 8. The first-order chi connectivity index (χ1) is 12.3. The highest BCUT2D eigenvalue weighted by Crippen LogP contribution is 2.16. The van der Waals surface area contributed by atoms with E-state index in [0.717, 1.165) is 0 Å². The molecule has 0 heterocycles. The summed E-state index contributed by atoms with van der Waals surface area (Å²) in [6.07, 6.45) is 0. The van der Waals surface area contributed by atoms with Crippen LogP contribution in [0.5, 0.6) is 5.75 Å². The SMILES string of the molecule is CCNS(=O)(=O)c1cccc(C(=O)N(C)CCOc2ccc(Cl)cc2)c1. The van der Waals surface area contributed by atoms with Gasteiger partial charge in [0.2, 0.25) is 10.0 Å². The van der Waals surface area contributed by atoms with Crippen LogP contribution in [0.1, 0.15) is 17.3 Å². The number of halogens is 1. The highest BCUT2D eigenvalue weighted by molar-refractivity contribution is 7.89. The van der Waals surface area contributed by atoms with Crippen molar-refractivity contribution in [1.82, 2.24) is 9.62 Å². The lowest BCUT2D eigenvalue weighted by atomic mass is 10.2. The van der Waals surface area contributed by atoms with Gasteiger partial charge in [0, 0.05) is 24.2 Å². The molecular formula is C18H21ClN2O4S. The molecule has 0 bridgehead atoms. The molecule has 1 N–H and O–H groups in total. The third-order valence-corrected chi connectivity index (χ3v) is 5.38. The molecule has 0 aliphatic heterocycles. The van der Waals surface area contributed by atoms with Gasteiger partial charge in [0.25, 0.3) is 5.91 Å². The van der Waals surface area contributed by atoms with Crippen LogP contribution in [0, 0.1) is 0 Å². The maximum absolute atomic E-state index is 12.5. The lowest BCUT2D eigenvalue weighted by Gasteiger charge is -2.18. The molecule has 0 unspecified atom stereocenters. The summed E-state index contributed by atoms with van der Waals surface area (Å²) in [5, 5.41) is 0.622. The predicted molar refractivity (Wildman–Crippen MR) is 101 cm³/mol. The van der Waals surface area contributed by atoms with Crippen LogP contribution in [0.15, 0.2) is 53.4 Å². The van der Waals surface area contributed by atoms with Crippen LogP contribution in [0.3, 0.4) is 0 Å². The Morgan fingerprint density at radius 1 is 1.19 bits per heavy atom. The lowest BCUT2D eigenvalue weighted by Crippen LogP contribution is -2.31. The third kappa shape index (κ3) is 5.45. The number of likely N-dealkylation sites (N-methyl/N-ethyl adjacent to an activating group) is 1. The van der Waals surface area contributed by atoms with Crippen molar-refractivity contribution in [1.29, 1.82) is 0 Å². The minimum Gasteiger partial charge on any atom is -0.492 e. The van der Waals surface area contributed by atoms with Gasteiger partial charge in [0.15, 0.2) is 0 Å². The summed E-state index contributed by atoms with van der Waals surface area (Å²) in [6, 6.07) is 12.9. The van der Waals surface area contributed by atoms with Gasteiger partial charge >= 0.3 is 0 Å². The van der Waals surface area contributed by atoms with E-state index < -0.39 is 10.0 Å². The second-order valence-electron chi connectivity index (χ2n) is 5.56. The molecule has 1 amide bonds. The van der Waals surface area contributed by atoms with Gasteiger partial charge < -0.3 is 9.64 Å². The van der Waals surface area contributed by atoms with Gasteiger partial charge in [-0.2, -0.15) is 0 Å². The van der Waals surface area contributed by atoms with Crippen LogP contribution in [-0.2, 0) is 10.0 Å². The standard InChI is InChI=1S/C18H21ClN2O4S/c1-3-20-26(23,24)17-6-4-5-14(13-17)18(22)21(2)11-12-25-16-9-7-15(19)8-10-16/h4-10,13,20H,3,11-12H2,1-2H3. The van der Waals surface area contributed by atoms with Crippen molar-refractivity contribution in [2.75, 3.05) is 26.7 Å². The summed E-state index contributed by atoms with van der Waals surface area (Å²) in [7, 11) is -1.97. The summed E-state index contributed by atoms with van der Waals surface area (Å²) >= 11 is 5.81. The molecule has 0 aliphatic carbocycles. The Morgan fingerprint density at radius 2 is 1.88 bits per heavy atom. The van der Waals surface area contributed by atoms with Gasteiger partial charge in [-0.1, -0.05) is 24.6 Å². The number of benzene rings is 2. The molecule has 0 saturated heterocycles. The molecule has 0 spiro atoms. The zero-order chi connectivity index (χ0) is 19.2. The zero-order valence-electron chi connectivity index (χ0n) is 14.6. The maximum atomic E-state index is 12.5. The Hall–Kier alpha value is -2.09. The topological polar surface area (TPSA) is 75.7 Å². The zero-order valence-corrected chi connectivity index (χ0v) is 16.2. The van der Waals surface area contributed by atoms with Crippen LogP contribution < -0.4 is 9.46 Å². The van der Waals surface area contributed by atoms with E-state index in [2.05, 4.69) is 4.72 Å². The second-order valence-corrected chi connectivity index (χ2v) is 7.76. The van der Waals surface area contributed by atoms with Gasteiger partial charge in [0.1, 0.15) is 12.4 Å². The number of ether oxygens (including phenoxy) is 1. The normalized spacial score (nSPS) is 11.2. The summed E-state index contributed by atoms with van der Waals surface area (Å²) in [4.78, 5) is 14.1. The molecule has 6 nitrogen and oxygen atoms in total. The van der Waals surface area contributed by atoms with Crippen molar-refractivity contribution in [3.63, 3.8) is 0 Å². The quantitative estimate of drug-likeness (QED) is 0.744. The van der Waals surface area contributed by atoms with Crippen LogP contribution >= 0.6 is 11.6 Å². The molecule has 2 rings (SSSR count). The third-order valence-electron chi connectivity index (χ3n) is 3.58. The smallest absolute Gasteiger partial charge is 0.253 e. The van der Waals surface area contributed by atoms with E-state index in [4.69, 9.17) is 16.3 Å². The molecule has 8 heteroatoms. The average molecular weight is 397 g/mol. The Kier molecular flexibility index (Phi) is 7.02. The van der Waals surface area contributed by atoms with Crippen molar-refractivity contribution >= 4 is 27.5 Å². The number of nitrogens with zero attached hydrogens (tertiary/aromatic N) is 1. The van der Waals surface area contributed by atoms with Crippen molar-refractivity contribution in [2.24, 2.45) is 0 Å². The number of carbonyl (C=O) groups is 1. The highest BCUT2D eigenvalue weighted by Gasteiger charge is 2.17. The van der Waals surface area contributed by atoms with E-state index in [0.29, 0.717) is 29.5 Å². The molecule has 0 atom stereocenters. The molecule has 0 aromatic heterocycles. The molecule has 26 heavy (non-hydrogen) atoms. The molecule has 0 radical (unpaired) electrons. The van der Waals surface area contributed by atoms with Gasteiger partial charge in [-0.05, 0) is 42.5 Å². The Bertz CT molecular complexity index is 854. The van der Waals surface area contributed by atoms with E-state index in [1.54, 1.807) is 50.4 Å². The molecule has 140 valence electrons. The minimum absolute atomic E-state index is 0.0658. The van der Waals surface area contributed by atoms with E-state index in [1.165, 1.54) is 17.0 Å². The fourth-order valence-corrected chi connectivity index (χ4v) is 3.44. The lowest BCUT2D eigenvalue weighted by molar-refractivity contribution is 0.0773. The first kappa shape index (κ1) is 20.2. The number of hydrogen-bond donors (Lipinski definition) is 1. The van der Waals surface area contributed by atoms with Gasteiger partial charge in [-0.25, -0.2) is 13.1 Å². The first-order valence-electron chi connectivity index (χ1n) is 8.07. The molecule has 2 aromatic carbocycles. The molecule has 0 aliphatic rings. The van der Waals surface area contributed by atoms with E-state index in [1.807, 2.05) is 0 Å². The minimum atomic E-state index is -3.60. The van der Waals surface area contributed by atoms with Crippen molar-refractivity contribution in [2.45, 2.75) is 11.8 Å². The van der Waals surface area contributed by atoms with E-state index >= 15 is 0 Å². The maximum Gasteiger partial charge on any atom is 0.253 e. The van der Waals surface area contributed by atoms with E-state index in [9.17, 15) is 13.2 Å². The predicted octanol–water partition coefficient (Wildman–Crippen LogP) is 2.79. The molecule has 0 saturated carbocycles. The summed E-state index contributed by atoms with van der Waals surface area (Å²) < 4.78 is 32.1. The second kappa shape index (κ2) is 9.02. The molecule has 0 fully saturated rings. The van der Waals surface area contributed by atoms with Crippen LogP contribution in [0.25, 0.3) is 0 Å². The first-order valence-corrected chi connectivity index (χ1v) is 9.93. The highest BCUT2D eigenvalue weighted by atomic mass is 35.5. The molecule has 2 aromatic rings. The Balaban J connectivity index is 1.98. The van der Waals surface area contributed by atoms with Crippen molar-refractivity contribution < 1.29 is 17.9 Å². The fourth-order valence-electron chi connectivity index (χ4n) is 2.22. The number of nitrogens with one attached hydrogen (secondary N) is 1. The van der Waals surface area contributed by atoms with Crippen molar-refractivity contribution in [3.8, 4) is 5.75 Å². The van der Waals surface area contributed by atoms with Gasteiger partial charge in [0.05, 0.1) is 11.4 Å². The van der Waals surface area contributed by atoms with Crippen LogP contribution in [-0.4, -0.2) is 46.0 Å². The number of amides is 1. The molecular weight excluding hydrogens is 376 g/mol. The largest absolute Gasteiger partial charge is 0.492 e. The number of sulfonamides is 1. The fraction of sp³-hybridized carbons (Fsp3) is 0.278. The van der Waals surface area contributed by atoms with Crippen molar-refractivity contribution in [3.05, 3.63) is 59.1 Å². The van der Waals surface area contributed by atoms with Crippen LogP contribution in [0.4, 0.5) is 0 Å². The Morgan fingerprint density at radius 3 is 2.54 bits per heavy atom. The van der Waals surface area contributed by atoms with E-state index in [-0.39, 0.29) is 17.3 Å². The number of carbonyl (C=O) groups excluding carboxylic acids is 1. The average Bonchev–Trinajstić information content (AvgIpc) is 2.62. The summed E-state index contributed by atoms with van der Waals surface area (Å²) in [5.41, 5.74) is 0.304. The number of hydrogen-bond acceptors (Lipinski definition) is 4. The van der Waals surface area contributed by atoms with Crippen LogP contribution in [0.2, 0.25) is 5.02 Å².